The molecule has 6 rings (SSSR count). The quantitative estimate of drug-likeness (QED) is 0.364. The number of hydrogen-bond donors (Lipinski definition) is 0. The average Bonchev–Trinajstić information content (AvgIpc) is 3.69. The van der Waals surface area contributed by atoms with Gasteiger partial charge in [-0.15, -0.1) is 11.3 Å². The standard InChI is InChI=1S/C29H27N3O5S/c33-28(31-12-15-35-16-13-31)24-19-38-26(30-24)18-37-22-9-8-20-10-11-32(29(34)25-7-4-14-36-25)27(23(20)17-22)21-5-2-1-3-6-21/h1-9,14,17,19,27H,10-13,15-16,18H2. The molecule has 194 valence electrons. The van der Waals surface area contributed by atoms with E-state index in [0.717, 1.165) is 22.6 Å². The number of nitrogens with zero attached hydrogens (tertiary/aromatic N) is 3. The molecule has 0 aliphatic carbocycles. The number of benzene rings is 2. The number of carbonyl (C=O) groups is 2. The molecule has 2 aliphatic rings. The number of aromatic nitrogens is 1. The average molecular weight is 530 g/mol. The maximum Gasteiger partial charge on any atom is 0.290 e. The first-order valence-corrected chi connectivity index (χ1v) is 13.5. The van der Waals surface area contributed by atoms with Crippen molar-refractivity contribution >= 4 is 23.2 Å². The van der Waals surface area contributed by atoms with E-state index in [0.29, 0.717) is 50.1 Å². The minimum atomic E-state index is -0.265. The van der Waals surface area contributed by atoms with Crippen LogP contribution >= 0.6 is 11.3 Å². The van der Waals surface area contributed by atoms with Gasteiger partial charge in [-0.2, -0.15) is 0 Å². The van der Waals surface area contributed by atoms with Crippen LogP contribution in [0, 0.1) is 0 Å². The summed E-state index contributed by atoms with van der Waals surface area (Å²) in [6.07, 6.45) is 2.26. The molecule has 0 N–H and O–H groups in total. The summed E-state index contributed by atoms with van der Waals surface area (Å²) < 4.78 is 16.9. The zero-order valence-electron chi connectivity index (χ0n) is 20.7. The first-order chi connectivity index (χ1) is 18.7. The molecule has 0 radical (unpaired) electrons. The van der Waals surface area contributed by atoms with Crippen LogP contribution in [0.3, 0.4) is 0 Å². The molecule has 4 aromatic rings. The van der Waals surface area contributed by atoms with Crippen LogP contribution < -0.4 is 4.74 Å². The third kappa shape index (κ3) is 4.94. The number of ether oxygens (including phenoxy) is 2. The third-order valence-electron chi connectivity index (χ3n) is 6.89. The van der Waals surface area contributed by atoms with Gasteiger partial charge in [0.2, 0.25) is 0 Å². The van der Waals surface area contributed by atoms with Gasteiger partial charge in [-0.3, -0.25) is 9.59 Å². The van der Waals surface area contributed by atoms with Crippen molar-refractivity contribution in [1.82, 2.24) is 14.8 Å². The second-order valence-electron chi connectivity index (χ2n) is 9.22. The number of carbonyl (C=O) groups excluding carboxylic acids is 2. The van der Waals surface area contributed by atoms with Crippen LogP contribution in [0.1, 0.15) is 48.8 Å². The lowest BCUT2D eigenvalue weighted by Gasteiger charge is -2.37. The highest BCUT2D eigenvalue weighted by Crippen LogP contribution is 2.38. The van der Waals surface area contributed by atoms with Crippen molar-refractivity contribution in [2.45, 2.75) is 19.1 Å². The molecular formula is C29H27N3O5S. The van der Waals surface area contributed by atoms with E-state index < -0.39 is 0 Å². The van der Waals surface area contributed by atoms with Crippen molar-refractivity contribution < 1.29 is 23.5 Å². The van der Waals surface area contributed by atoms with Crippen LogP contribution in [0.25, 0.3) is 0 Å². The zero-order valence-corrected chi connectivity index (χ0v) is 21.6. The molecule has 4 heterocycles. The van der Waals surface area contributed by atoms with Crippen LogP contribution in [-0.4, -0.2) is 59.4 Å². The molecular weight excluding hydrogens is 502 g/mol. The van der Waals surface area contributed by atoms with Gasteiger partial charge in [0, 0.05) is 25.0 Å². The molecule has 1 fully saturated rings. The van der Waals surface area contributed by atoms with E-state index >= 15 is 0 Å². The van der Waals surface area contributed by atoms with Crippen molar-refractivity contribution in [3.63, 3.8) is 0 Å². The predicted octanol–water partition coefficient (Wildman–Crippen LogP) is 4.58. The topological polar surface area (TPSA) is 85.1 Å². The van der Waals surface area contributed by atoms with Crippen molar-refractivity contribution in [2.24, 2.45) is 0 Å². The number of rotatable bonds is 6. The van der Waals surface area contributed by atoms with Crippen LogP contribution in [-0.2, 0) is 17.8 Å². The van der Waals surface area contributed by atoms with Crippen molar-refractivity contribution in [1.29, 1.82) is 0 Å². The molecule has 1 atom stereocenters. The van der Waals surface area contributed by atoms with Gasteiger partial charge >= 0.3 is 0 Å². The highest BCUT2D eigenvalue weighted by atomic mass is 32.1. The Bertz CT molecular complexity index is 1410. The lowest BCUT2D eigenvalue weighted by molar-refractivity contribution is 0.0299. The van der Waals surface area contributed by atoms with Crippen molar-refractivity contribution in [3.05, 3.63) is 105 Å². The number of hydrogen-bond acceptors (Lipinski definition) is 7. The Morgan fingerprint density at radius 3 is 2.63 bits per heavy atom. The van der Waals surface area contributed by atoms with E-state index in [1.807, 2.05) is 47.4 Å². The summed E-state index contributed by atoms with van der Waals surface area (Å²) in [5.74, 6) is 0.805. The van der Waals surface area contributed by atoms with Crippen LogP contribution in [0.15, 0.2) is 76.7 Å². The van der Waals surface area contributed by atoms with Gasteiger partial charge < -0.3 is 23.7 Å². The summed E-state index contributed by atoms with van der Waals surface area (Å²) in [7, 11) is 0. The van der Waals surface area contributed by atoms with Crippen molar-refractivity contribution in [3.8, 4) is 5.75 Å². The van der Waals surface area contributed by atoms with E-state index in [2.05, 4.69) is 11.1 Å². The van der Waals surface area contributed by atoms with Crippen LogP contribution in [0.2, 0.25) is 0 Å². The van der Waals surface area contributed by atoms with E-state index in [1.54, 1.807) is 22.4 Å². The molecule has 2 aliphatic heterocycles. The maximum absolute atomic E-state index is 13.4. The Balaban J connectivity index is 1.22. The molecule has 2 aromatic carbocycles. The normalized spacial score (nSPS) is 17.2. The van der Waals surface area contributed by atoms with Gasteiger partial charge in [0.1, 0.15) is 23.1 Å². The zero-order chi connectivity index (χ0) is 25.9. The summed E-state index contributed by atoms with van der Waals surface area (Å²) in [4.78, 5) is 34.3. The Hall–Kier alpha value is -3.95. The monoisotopic (exact) mass is 529 g/mol. The van der Waals surface area contributed by atoms with Crippen LogP contribution in [0.5, 0.6) is 5.75 Å². The fourth-order valence-electron chi connectivity index (χ4n) is 4.99. The van der Waals surface area contributed by atoms with E-state index in [-0.39, 0.29) is 24.5 Å². The fourth-order valence-corrected chi connectivity index (χ4v) is 5.67. The summed E-state index contributed by atoms with van der Waals surface area (Å²) in [5.41, 5.74) is 3.68. The van der Waals surface area contributed by atoms with E-state index in [4.69, 9.17) is 13.9 Å². The summed E-state index contributed by atoms with van der Waals surface area (Å²) in [6, 6.07) is 19.2. The first-order valence-electron chi connectivity index (χ1n) is 12.6. The highest BCUT2D eigenvalue weighted by molar-refractivity contribution is 7.09. The van der Waals surface area contributed by atoms with Crippen LogP contribution in [0.4, 0.5) is 0 Å². The van der Waals surface area contributed by atoms with Gasteiger partial charge in [-0.25, -0.2) is 4.98 Å². The molecule has 9 heteroatoms. The molecule has 0 spiro atoms. The summed E-state index contributed by atoms with van der Waals surface area (Å²) in [6.45, 7) is 3.12. The lowest BCUT2D eigenvalue weighted by Crippen LogP contribution is -2.40. The minimum absolute atomic E-state index is 0.0726. The SMILES string of the molecule is O=C(c1csc(COc2ccc3c(c2)C(c2ccccc2)N(C(=O)c2ccco2)CC3)n1)N1CCOCC1. The van der Waals surface area contributed by atoms with Gasteiger partial charge in [-0.05, 0) is 47.4 Å². The number of amides is 2. The molecule has 38 heavy (non-hydrogen) atoms. The number of furan rings is 1. The number of fused-ring (bicyclic) bond motifs is 1. The minimum Gasteiger partial charge on any atom is -0.486 e. The van der Waals surface area contributed by atoms with E-state index in [1.165, 1.54) is 23.2 Å². The van der Waals surface area contributed by atoms with Gasteiger partial charge in [0.15, 0.2) is 5.76 Å². The Morgan fingerprint density at radius 1 is 1.00 bits per heavy atom. The number of thiazole rings is 1. The maximum atomic E-state index is 13.4. The largest absolute Gasteiger partial charge is 0.486 e. The molecule has 8 nitrogen and oxygen atoms in total. The molecule has 1 saturated heterocycles. The highest BCUT2D eigenvalue weighted by Gasteiger charge is 2.34. The predicted molar refractivity (Wildman–Crippen MR) is 141 cm³/mol. The lowest BCUT2D eigenvalue weighted by atomic mass is 9.87. The Labute approximate surface area is 224 Å². The number of morpholine rings is 1. The smallest absolute Gasteiger partial charge is 0.290 e. The summed E-state index contributed by atoms with van der Waals surface area (Å²) >= 11 is 1.41. The van der Waals surface area contributed by atoms with Crippen molar-refractivity contribution in [2.75, 3.05) is 32.8 Å². The summed E-state index contributed by atoms with van der Waals surface area (Å²) in [5, 5.41) is 2.51. The van der Waals surface area contributed by atoms with Gasteiger partial charge in [-0.1, -0.05) is 36.4 Å². The Morgan fingerprint density at radius 2 is 1.84 bits per heavy atom. The molecule has 1 unspecified atom stereocenters. The molecule has 0 saturated carbocycles. The van der Waals surface area contributed by atoms with Gasteiger partial charge in [0.05, 0.1) is 25.5 Å². The second kappa shape index (κ2) is 10.8. The molecule has 0 bridgehead atoms. The van der Waals surface area contributed by atoms with E-state index in [9.17, 15) is 9.59 Å². The first kappa shape index (κ1) is 24.4. The fraction of sp³-hybridized carbons (Fsp3) is 0.276. The Kier molecular flexibility index (Phi) is 6.94. The molecule has 2 amide bonds. The van der Waals surface area contributed by atoms with Gasteiger partial charge in [0.25, 0.3) is 11.8 Å². The third-order valence-corrected chi connectivity index (χ3v) is 7.71. The molecule has 2 aromatic heterocycles. The second-order valence-corrected chi connectivity index (χ2v) is 10.2.